The third-order valence-electron chi connectivity index (χ3n) is 9.28. The van der Waals surface area contributed by atoms with Crippen molar-refractivity contribution >= 4 is 13.8 Å². The van der Waals surface area contributed by atoms with Crippen molar-refractivity contribution in [3.05, 3.63) is 36.5 Å². The Morgan fingerprint density at radius 1 is 0.566 bits per heavy atom. The standard InChI is InChI=1S/C44H84NO7P/c1-3-5-7-9-11-13-15-17-19-21-23-25-27-29-31-33-35-37-44(46)52-43(42-51-53(47,48)50-40-38-45)41-49-39-36-34-32-30-28-26-24-22-20-18-16-14-12-10-8-6-4-2/h11,13,17,19-20,22,43H,3-10,12,14-16,18,21,23-42,45H2,1-2H3,(H,47,48)/b13-11-,19-17-,22-20-. The first-order valence-electron chi connectivity index (χ1n) is 22.0. The van der Waals surface area contributed by atoms with Gasteiger partial charge in [0, 0.05) is 19.6 Å². The molecule has 0 spiro atoms. The first-order valence-corrected chi connectivity index (χ1v) is 23.5. The molecule has 0 heterocycles. The van der Waals surface area contributed by atoms with Crippen LogP contribution in [0.5, 0.6) is 0 Å². The molecule has 0 saturated heterocycles. The van der Waals surface area contributed by atoms with Crippen LogP contribution in [-0.2, 0) is 27.9 Å². The van der Waals surface area contributed by atoms with E-state index in [1.165, 1.54) is 135 Å². The number of nitrogens with two attached hydrogens (primary N) is 1. The van der Waals surface area contributed by atoms with Crippen molar-refractivity contribution in [1.82, 2.24) is 0 Å². The van der Waals surface area contributed by atoms with Crippen LogP contribution in [0.25, 0.3) is 0 Å². The average molecular weight is 770 g/mol. The maximum absolute atomic E-state index is 12.6. The number of hydrogen-bond donors (Lipinski definition) is 2. The van der Waals surface area contributed by atoms with Crippen molar-refractivity contribution < 1.29 is 32.8 Å². The number of carbonyl (C=O) groups excluding carboxylic acids is 1. The van der Waals surface area contributed by atoms with Gasteiger partial charge in [-0.15, -0.1) is 0 Å². The summed E-state index contributed by atoms with van der Waals surface area (Å²) in [4.78, 5) is 22.5. The maximum atomic E-state index is 12.6. The molecule has 0 aliphatic heterocycles. The summed E-state index contributed by atoms with van der Waals surface area (Å²) in [7, 11) is -4.28. The molecule has 9 heteroatoms. The average Bonchev–Trinajstić information content (AvgIpc) is 3.15. The summed E-state index contributed by atoms with van der Waals surface area (Å²) in [5, 5.41) is 0. The summed E-state index contributed by atoms with van der Waals surface area (Å²) in [5.41, 5.74) is 5.37. The molecule has 53 heavy (non-hydrogen) atoms. The van der Waals surface area contributed by atoms with E-state index in [9.17, 15) is 14.3 Å². The number of carbonyl (C=O) groups is 1. The van der Waals surface area contributed by atoms with Crippen molar-refractivity contribution in [2.24, 2.45) is 5.73 Å². The summed E-state index contributed by atoms with van der Waals surface area (Å²) >= 11 is 0. The molecule has 0 aromatic rings. The van der Waals surface area contributed by atoms with Gasteiger partial charge in [-0.1, -0.05) is 159 Å². The Bertz CT molecular complexity index is 910. The number of allylic oxidation sites excluding steroid dienone is 6. The van der Waals surface area contributed by atoms with E-state index in [0.29, 0.717) is 13.0 Å². The van der Waals surface area contributed by atoms with Gasteiger partial charge in [0.05, 0.1) is 19.8 Å². The zero-order chi connectivity index (χ0) is 38.8. The van der Waals surface area contributed by atoms with Crippen LogP contribution in [0.4, 0.5) is 0 Å². The number of hydrogen-bond acceptors (Lipinski definition) is 7. The highest BCUT2D eigenvalue weighted by Gasteiger charge is 2.25. The summed E-state index contributed by atoms with van der Waals surface area (Å²) < 4.78 is 33.4. The highest BCUT2D eigenvalue weighted by atomic mass is 31.2. The largest absolute Gasteiger partial charge is 0.472 e. The number of phosphoric ester groups is 1. The van der Waals surface area contributed by atoms with Crippen molar-refractivity contribution in [2.75, 3.05) is 33.0 Å². The lowest BCUT2D eigenvalue weighted by Crippen LogP contribution is -2.28. The monoisotopic (exact) mass is 770 g/mol. The second-order valence-electron chi connectivity index (χ2n) is 14.6. The Morgan fingerprint density at radius 2 is 1.00 bits per heavy atom. The Balaban J connectivity index is 4.04. The van der Waals surface area contributed by atoms with Gasteiger partial charge in [0.25, 0.3) is 0 Å². The molecule has 312 valence electrons. The summed E-state index contributed by atoms with van der Waals surface area (Å²) in [6, 6.07) is 0. The second-order valence-corrected chi connectivity index (χ2v) is 16.0. The minimum Gasteiger partial charge on any atom is -0.457 e. The molecular formula is C44H84NO7P. The second kappa shape index (κ2) is 41.9. The molecule has 3 N–H and O–H groups in total. The van der Waals surface area contributed by atoms with E-state index in [1.54, 1.807) is 0 Å². The Hall–Kier alpha value is -1.28. The Kier molecular flexibility index (Phi) is 40.9. The summed E-state index contributed by atoms with van der Waals surface area (Å²) in [6.07, 6.45) is 47.3. The molecule has 0 aromatic carbocycles. The minimum atomic E-state index is -4.28. The normalized spacial score (nSPS) is 13.8. The Labute approximate surface area is 327 Å². The number of unbranched alkanes of at least 4 members (excludes halogenated alkanes) is 23. The molecule has 0 saturated carbocycles. The predicted molar refractivity (Wildman–Crippen MR) is 224 cm³/mol. The van der Waals surface area contributed by atoms with Gasteiger partial charge >= 0.3 is 13.8 Å². The number of esters is 1. The van der Waals surface area contributed by atoms with Gasteiger partial charge in [-0.25, -0.2) is 4.57 Å². The van der Waals surface area contributed by atoms with Gasteiger partial charge in [0.1, 0.15) is 6.10 Å². The summed E-state index contributed by atoms with van der Waals surface area (Å²) in [5.74, 6) is -0.340. The predicted octanol–water partition coefficient (Wildman–Crippen LogP) is 13.0. The smallest absolute Gasteiger partial charge is 0.457 e. The topological polar surface area (TPSA) is 117 Å². The number of phosphoric acid groups is 1. The maximum Gasteiger partial charge on any atom is 0.472 e. The lowest BCUT2D eigenvalue weighted by molar-refractivity contribution is -0.154. The molecular weight excluding hydrogens is 685 g/mol. The molecule has 0 fully saturated rings. The van der Waals surface area contributed by atoms with E-state index in [2.05, 4.69) is 50.3 Å². The van der Waals surface area contributed by atoms with Crippen LogP contribution in [0.1, 0.15) is 200 Å². The van der Waals surface area contributed by atoms with Gasteiger partial charge in [-0.05, 0) is 70.6 Å². The fourth-order valence-corrected chi connectivity index (χ4v) is 6.79. The molecule has 0 aliphatic carbocycles. The van der Waals surface area contributed by atoms with E-state index in [-0.39, 0.29) is 32.3 Å². The molecule has 0 rings (SSSR count). The lowest BCUT2D eigenvalue weighted by Gasteiger charge is -2.20. The molecule has 2 atom stereocenters. The van der Waals surface area contributed by atoms with E-state index in [0.717, 1.165) is 44.9 Å². The molecule has 0 aliphatic rings. The van der Waals surface area contributed by atoms with Crippen LogP contribution in [0.3, 0.4) is 0 Å². The van der Waals surface area contributed by atoms with Crippen LogP contribution in [-0.4, -0.2) is 49.9 Å². The van der Waals surface area contributed by atoms with E-state index < -0.39 is 13.9 Å². The molecule has 0 radical (unpaired) electrons. The first-order chi connectivity index (χ1) is 25.9. The van der Waals surface area contributed by atoms with Gasteiger partial charge < -0.3 is 20.1 Å². The molecule has 0 bridgehead atoms. The molecule has 2 unspecified atom stereocenters. The highest BCUT2D eigenvalue weighted by molar-refractivity contribution is 7.47. The zero-order valence-corrected chi connectivity index (χ0v) is 35.4. The molecule has 0 aromatic heterocycles. The fourth-order valence-electron chi connectivity index (χ4n) is 6.02. The minimum absolute atomic E-state index is 0.0978. The Morgan fingerprint density at radius 3 is 1.53 bits per heavy atom. The zero-order valence-electron chi connectivity index (χ0n) is 34.5. The van der Waals surface area contributed by atoms with Crippen molar-refractivity contribution in [3.63, 3.8) is 0 Å². The van der Waals surface area contributed by atoms with Gasteiger partial charge in [-0.3, -0.25) is 13.8 Å². The molecule has 8 nitrogen and oxygen atoms in total. The number of ether oxygens (including phenoxy) is 2. The third-order valence-corrected chi connectivity index (χ3v) is 10.3. The summed E-state index contributed by atoms with van der Waals surface area (Å²) in [6.45, 7) is 4.88. The molecule has 0 amide bonds. The van der Waals surface area contributed by atoms with E-state index in [4.69, 9.17) is 24.3 Å². The van der Waals surface area contributed by atoms with Crippen LogP contribution < -0.4 is 5.73 Å². The van der Waals surface area contributed by atoms with Crippen LogP contribution in [0.15, 0.2) is 36.5 Å². The van der Waals surface area contributed by atoms with Crippen molar-refractivity contribution in [3.8, 4) is 0 Å². The van der Waals surface area contributed by atoms with E-state index in [1.807, 2.05) is 0 Å². The highest BCUT2D eigenvalue weighted by Crippen LogP contribution is 2.43. The van der Waals surface area contributed by atoms with Crippen LogP contribution >= 0.6 is 7.82 Å². The SMILES string of the molecule is CCCCC/C=C\C/C=C\CCCCCCCCCC(=O)OC(COCCCCCCCC/C=C\CCCCCCCCC)COP(=O)(O)OCCN. The van der Waals surface area contributed by atoms with Crippen molar-refractivity contribution in [2.45, 2.75) is 206 Å². The quantitative estimate of drug-likeness (QED) is 0.0273. The first kappa shape index (κ1) is 51.7. The van der Waals surface area contributed by atoms with Crippen molar-refractivity contribution in [1.29, 1.82) is 0 Å². The van der Waals surface area contributed by atoms with Crippen LogP contribution in [0, 0.1) is 0 Å². The van der Waals surface area contributed by atoms with E-state index >= 15 is 0 Å². The van der Waals surface area contributed by atoms with Crippen LogP contribution in [0.2, 0.25) is 0 Å². The third kappa shape index (κ3) is 41.7. The van der Waals surface area contributed by atoms with Gasteiger partial charge in [-0.2, -0.15) is 0 Å². The van der Waals surface area contributed by atoms with Gasteiger partial charge in [0.15, 0.2) is 0 Å². The fraction of sp³-hybridized carbons (Fsp3) is 0.841. The number of rotatable bonds is 42. The lowest BCUT2D eigenvalue weighted by atomic mass is 10.1. The van der Waals surface area contributed by atoms with Gasteiger partial charge in [0.2, 0.25) is 0 Å².